The maximum Gasteiger partial charge on any atom is 0.274 e. The number of nitrogens with one attached hydrogen (secondary N) is 1. The fourth-order valence-corrected chi connectivity index (χ4v) is 4.49. The molecule has 126 valence electrons. The normalized spacial score (nSPS) is 22.0. The fourth-order valence-electron chi connectivity index (χ4n) is 4.49. The molecule has 1 N–H and O–H groups in total. The molecule has 2 unspecified atom stereocenters. The van der Waals surface area contributed by atoms with Gasteiger partial charge in [0.2, 0.25) is 0 Å². The Morgan fingerprint density at radius 1 is 1.08 bits per heavy atom. The van der Waals surface area contributed by atoms with Crippen LogP contribution in [0.1, 0.15) is 22.0 Å². The Morgan fingerprint density at radius 3 is 2.76 bits per heavy atom. The van der Waals surface area contributed by atoms with E-state index in [0.29, 0.717) is 11.8 Å². The van der Waals surface area contributed by atoms with Gasteiger partial charge in [-0.05, 0) is 29.7 Å². The standard InChI is InChI=1S/C21H21N3O/c1-23-18-8-4-2-6-14(18)10-20(23)21(25)24-13-15-11-22-12-17(15)16-7-3-5-9-19(16)24/h2-10,15,17,22H,11-13H2,1H3. The summed E-state index contributed by atoms with van der Waals surface area (Å²) < 4.78 is 2.01. The first-order chi connectivity index (χ1) is 12.2. The predicted octanol–water partition coefficient (Wildman–Crippen LogP) is 3.14. The second-order valence-electron chi connectivity index (χ2n) is 7.15. The van der Waals surface area contributed by atoms with Gasteiger partial charge < -0.3 is 14.8 Å². The number of hydrogen-bond donors (Lipinski definition) is 1. The topological polar surface area (TPSA) is 37.3 Å². The number of rotatable bonds is 1. The summed E-state index contributed by atoms with van der Waals surface area (Å²) in [6.45, 7) is 2.78. The van der Waals surface area contributed by atoms with Crippen molar-refractivity contribution >= 4 is 22.5 Å². The quantitative estimate of drug-likeness (QED) is 0.744. The first kappa shape index (κ1) is 14.7. The van der Waals surface area contributed by atoms with Gasteiger partial charge in [-0.3, -0.25) is 4.79 Å². The fraction of sp³-hybridized carbons (Fsp3) is 0.286. The molecule has 1 amide bonds. The average molecular weight is 331 g/mol. The molecule has 3 heterocycles. The zero-order valence-corrected chi connectivity index (χ0v) is 14.3. The van der Waals surface area contributed by atoms with Crippen molar-refractivity contribution in [2.24, 2.45) is 13.0 Å². The summed E-state index contributed by atoms with van der Waals surface area (Å²) in [6, 6.07) is 18.6. The Labute approximate surface area is 147 Å². The second kappa shape index (κ2) is 5.46. The number of carbonyl (C=O) groups excluding carboxylic acids is 1. The van der Waals surface area contributed by atoms with Crippen LogP contribution in [0.2, 0.25) is 0 Å². The zero-order chi connectivity index (χ0) is 17.0. The van der Waals surface area contributed by atoms with Crippen molar-refractivity contribution in [2.75, 3.05) is 24.5 Å². The van der Waals surface area contributed by atoms with Crippen molar-refractivity contribution < 1.29 is 4.79 Å². The largest absolute Gasteiger partial charge is 0.340 e. The lowest BCUT2D eigenvalue weighted by atomic mass is 9.83. The molecule has 0 radical (unpaired) electrons. The minimum atomic E-state index is 0.0940. The second-order valence-corrected chi connectivity index (χ2v) is 7.15. The molecule has 2 aliphatic heterocycles. The number of aryl methyl sites for hydroxylation is 1. The smallest absolute Gasteiger partial charge is 0.274 e. The summed E-state index contributed by atoms with van der Waals surface area (Å²) >= 11 is 0. The van der Waals surface area contributed by atoms with Crippen LogP contribution in [-0.2, 0) is 7.05 Å². The third-order valence-electron chi connectivity index (χ3n) is 5.80. The molecule has 4 nitrogen and oxygen atoms in total. The van der Waals surface area contributed by atoms with E-state index in [2.05, 4.69) is 35.6 Å². The van der Waals surface area contributed by atoms with E-state index in [1.807, 2.05) is 40.8 Å². The maximum absolute atomic E-state index is 13.4. The molecule has 5 rings (SSSR count). The van der Waals surface area contributed by atoms with Gasteiger partial charge in [0.15, 0.2) is 0 Å². The molecule has 4 heteroatoms. The zero-order valence-electron chi connectivity index (χ0n) is 14.3. The van der Waals surface area contributed by atoms with Gasteiger partial charge in [0.25, 0.3) is 5.91 Å². The number of fused-ring (bicyclic) bond motifs is 4. The molecule has 25 heavy (non-hydrogen) atoms. The average Bonchev–Trinajstić information content (AvgIpc) is 3.25. The third-order valence-corrected chi connectivity index (χ3v) is 5.80. The van der Waals surface area contributed by atoms with E-state index < -0.39 is 0 Å². The first-order valence-corrected chi connectivity index (χ1v) is 8.90. The van der Waals surface area contributed by atoms with E-state index in [1.165, 1.54) is 5.56 Å². The summed E-state index contributed by atoms with van der Waals surface area (Å²) in [5.74, 6) is 1.11. The number of hydrogen-bond acceptors (Lipinski definition) is 2. The van der Waals surface area contributed by atoms with Crippen LogP contribution in [0.3, 0.4) is 0 Å². The van der Waals surface area contributed by atoms with Gasteiger partial charge in [-0.25, -0.2) is 0 Å². The lowest BCUT2D eigenvalue weighted by Crippen LogP contribution is -2.42. The van der Waals surface area contributed by atoms with Gasteiger partial charge in [-0.2, -0.15) is 0 Å². The maximum atomic E-state index is 13.4. The highest BCUT2D eigenvalue weighted by atomic mass is 16.2. The number of nitrogens with zero attached hydrogens (tertiary/aromatic N) is 2. The molecular formula is C21H21N3O. The highest BCUT2D eigenvalue weighted by Crippen LogP contribution is 2.41. The summed E-state index contributed by atoms with van der Waals surface area (Å²) in [4.78, 5) is 15.4. The van der Waals surface area contributed by atoms with E-state index in [9.17, 15) is 4.79 Å². The van der Waals surface area contributed by atoms with Crippen LogP contribution < -0.4 is 10.2 Å². The summed E-state index contributed by atoms with van der Waals surface area (Å²) in [6.07, 6.45) is 0. The van der Waals surface area contributed by atoms with E-state index >= 15 is 0 Å². The van der Waals surface area contributed by atoms with Gasteiger partial charge in [0.1, 0.15) is 5.69 Å². The molecular weight excluding hydrogens is 310 g/mol. The van der Waals surface area contributed by atoms with Gasteiger partial charge in [0.05, 0.1) is 0 Å². The van der Waals surface area contributed by atoms with Crippen molar-refractivity contribution in [3.8, 4) is 0 Å². The van der Waals surface area contributed by atoms with Crippen LogP contribution in [0.5, 0.6) is 0 Å². The lowest BCUT2D eigenvalue weighted by molar-refractivity contribution is 0.0972. The number of anilines is 1. The van der Waals surface area contributed by atoms with Gasteiger partial charge in [0, 0.05) is 49.2 Å². The van der Waals surface area contributed by atoms with Crippen molar-refractivity contribution in [1.82, 2.24) is 9.88 Å². The summed E-state index contributed by atoms with van der Waals surface area (Å²) in [5.41, 5.74) is 4.22. The van der Waals surface area contributed by atoms with E-state index in [1.54, 1.807) is 0 Å². The Kier molecular flexibility index (Phi) is 3.22. The van der Waals surface area contributed by atoms with Crippen molar-refractivity contribution in [3.63, 3.8) is 0 Å². The number of aromatic nitrogens is 1. The number of para-hydroxylation sites is 2. The van der Waals surface area contributed by atoms with Crippen molar-refractivity contribution in [1.29, 1.82) is 0 Å². The van der Waals surface area contributed by atoms with E-state index in [0.717, 1.165) is 41.9 Å². The Balaban J connectivity index is 1.61. The third kappa shape index (κ3) is 2.14. The monoisotopic (exact) mass is 331 g/mol. The molecule has 3 aromatic rings. The summed E-state index contributed by atoms with van der Waals surface area (Å²) in [5, 5.41) is 4.60. The molecule has 0 saturated carbocycles. The lowest BCUT2D eigenvalue weighted by Gasteiger charge is -2.36. The van der Waals surface area contributed by atoms with Crippen LogP contribution >= 0.6 is 0 Å². The van der Waals surface area contributed by atoms with E-state index in [4.69, 9.17) is 0 Å². The molecule has 0 spiro atoms. The minimum absolute atomic E-state index is 0.0940. The number of carbonyl (C=O) groups is 1. The minimum Gasteiger partial charge on any atom is -0.340 e. The SMILES string of the molecule is Cn1c(C(=O)N2CC3CNCC3c3ccccc32)cc2ccccc21. The van der Waals surface area contributed by atoms with Crippen LogP contribution in [0.25, 0.3) is 10.9 Å². The van der Waals surface area contributed by atoms with Crippen LogP contribution in [0.15, 0.2) is 54.6 Å². The van der Waals surface area contributed by atoms with Crippen molar-refractivity contribution in [2.45, 2.75) is 5.92 Å². The predicted molar refractivity (Wildman–Crippen MR) is 100 cm³/mol. The molecule has 1 fully saturated rings. The van der Waals surface area contributed by atoms with Crippen LogP contribution in [0.4, 0.5) is 5.69 Å². The molecule has 0 bridgehead atoms. The Bertz CT molecular complexity index is 974. The number of amides is 1. The van der Waals surface area contributed by atoms with Gasteiger partial charge >= 0.3 is 0 Å². The van der Waals surface area contributed by atoms with Gasteiger partial charge in [-0.1, -0.05) is 36.4 Å². The van der Waals surface area contributed by atoms with Crippen LogP contribution in [0, 0.1) is 5.92 Å². The number of benzene rings is 2. The molecule has 0 aliphatic carbocycles. The van der Waals surface area contributed by atoms with E-state index in [-0.39, 0.29) is 5.91 Å². The van der Waals surface area contributed by atoms with Crippen LogP contribution in [-0.4, -0.2) is 30.1 Å². The highest BCUT2D eigenvalue weighted by Gasteiger charge is 2.39. The molecule has 1 saturated heterocycles. The molecule has 2 atom stereocenters. The first-order valence-electron chi connectivity index (χ1n) is 8.90. The van der Waals surface area contributed by atoms with Gasteiger partial charge in [-0.15, -0.1) is 0 Å². The van der Waals surface area contributed by atoms with Crippen molar-refractivity contribution in [3.05, 3.63) is 65.9 Å². The molecule has 1 aromatic heterocycles. The highest BCUT2D eigenvalue weighted by molar-refractivity contribution is 6.08. The summed E-state index contributed by atoms with van der Waals surface area (Å²) in [7, 11) is 1.98. The Morgan fingerprint density at radius 2 is 1.88 bits per heavy atom. The Hall–Kier alpha value is -2.59. The molecule has 2 aromatic carbocycles. The molecule has 2 aliphatic rings.